The van der Waals surface area contributed by atoms with Crippen LogP contribution >= 0.6 is 0 Å². The van der Waals surface area contributed by atoms with Crippen molar-refractivity contribution in [3.8, 4) is 11.3 Å². The maximum Gasteiger partial charge on any atom is 0.242 e. The molecule has 1 N–H and O–H groups in total. The molecule has 31 heavy (non-hydrogen) atoms. The van der Waals surface area contributed by atoms with Gasteiger partial charge < -0.3 is 5.32 Å². The van der Waals surface area contributed by atoms with Gasteiger partial charge in [0.2, 0.25) is 5.91 Å². The second-order valence-electron chi connectivity index (χ2n) is 7.37. The van der Waals surface area contributed by atoms with Crippen LogP contribution < -0.4 is 5.32 Å². The summed E-state index contributed by atoms with van der Waals surface area (Å²) in [6, 6.07) is 12.1. The minimum atomic E-state index is -0.278. The number of amides is 1. The summed E-state index contributed by atoms with van der Waals surface area (Å²) in [5, 5.41) is 11.8. The maximum atomic E-state index is 13.3. The molecule has 0 fully saturated rings. The zero-order valence-corrected chi connectivity index (χ0v) is 17.4. The average Bonchev–Trinajstić information content (AvgIpc) is 3.32. The first-order valence-electron chi connectivity index (χ1n) is 9.95. The van der Waals surface area contributed by atoms with E-state index in [1.807, 2.05) is 32.2 Å². The van der Waals surface area contributed by atoms with Crippen LogP contribution in [0.4, 0.5) is 4.39 Å². The van der Waals surface area contributed by atoms with Gasteiger partial charge in [-0.05, 0) is 42.8 Å². The number of carbonyl (C=O) groups is 1. The zero-order chi connectivity index (χ0) is 21.8. The van der Waals surface area contributed by atoms with Crippen LogP contribution in [0.5, 0.6) is 0 Å². The van der Waals surface area contributed by atoms with Gasteiger partial charge in [-0.25, -0.2) is 4.39 Å². The van der Waals surface area contributed by atoms with E-state index in [4.69, 9.17) is 0 Å². The van der Waals surface area contributed by atoms with Gasteiger partial charge in [-0.3, -0.25) is 19.1 Å². The van der Waals surface area contributed by atoms with Gasteiger partial charge in [0.1, 0.15) is 12.4 Å². The van der Waals surface area contributed by atoms with Gasteiger partial charge in [0.15, 0.2) is 0 Å². The number of hydrogen-bond acceptors (Lipinski definition) is 4. The number of benzene rings is 1. The third kappa shape index (κ3) is 4.85. The number of pyridine rings is 1. The van der Waals surface area contributed by atoms with Crippen LogP contribution in [0, 0.1) is 12.7 Å². The van der Waals surface area contributed by atoms with Crippen LogP contribution in [-0.2, 0) is 31.4 Å². The minimum absolute atomic E-state index is 0.0842. The second-order valence-corrected chi connectivity index (χ2v) is 7.37. The van der Waals surface area contributed by atoms with Gasteiger partial charge >= 0.3 is 0 Å². The molecule has 0 aliphatic heterocycles. The number of nitrogens with zero attached hydrogens (tertiary/aromatic N) is 5. The molecule has 0 aliphatic carbocycles. The number of halogens is 1. The first-order valence-corrected chi connectivity index (χ1v) is 9.95. The lowest BCUT2D eigenvalue weighted by atomic mass is 10.1. The Morgan fingerprint density at radius 3 is 2.55 bits per heavy atom. The molecule has 1 aromatic carbocycles. The van der Waals surface area contributed by atoms with Crippen LogP contribution in [0.1, 0.15) is 22.5 Å². The van der Waals surface area contributed by atoms with Crippen LogP contribution in [0.3, 0.4) is 0 Å². The molecular weight excluding hydrogens is 395 g/mol. The highest BCUT2D eigenvalue weighted by Crippen LogP contribution is 2.20. The van der Waals surface area contributed by atoms with Gasteiger partial charge in [0.05, 0.1) is 11.9 Å². The fourth-order valence-corrected chi connectivity index (χ4v) is 3.31. The molecule has 8 heteroatoms. The van der Waals surface area contributed by atoms with E-state index < -0.39 is 0 Å². The molecule has 3 aromatic heterocycles. The van der Waals surface area contributed by atoms with E-state index in [-0.39, 0.29) is 18.3 Å². The zero-order valence-electron chi connectivity index (χ0n) is 17.4. The van der Waals surface area contributed by atoms with Gasteiger partial charge in [0, 0.05) is 54.9 Å². The Labute approximate surface area is 179 Å². The van der Waals surface area contributed by atoms with Crippen LogP contribution in [0.2, 0.25) is 0 Å². The summed E-state index contributed by atoms with van der Waals surface area (Å²) in [7, 11) is 1.87. The monoisotopic (exact) mass is 418 g/mol. The molecular formula is C23H23FN6O. The highest BCUT2D eigenvalue weighted by Gasteiger charge is 2.14. The average molecular weight is 418 g/mol. The van der Waals surface area contributed by atoms with Crippen molar-refractivity contribution in [3.63, 3.8) is 0 Å². The summed E-state index contributed by atoms with van der Waals surface area (Å²) in [5.74, 6) is -0.423. The van der Waals surface area contributed by atoms with Crippen molar-refractivity contribution in [3.05, 3.63) is 89.4 Å². The van der Waals surface area contributed by atoms with Crippen LogP contribution in [-0.4, -0.2) is 30.5 Å². The van der Waals surface area contributed by atoms with Crippen molar-refractivity contribution in [2.75, 3.05) is 0 Å². The van der Waals surface area contributed by atoms with E-state index in [2.05, 4.69) is 20.5 Å². The first kappa shape index (κ1) is 20.5. The van der Waals surface area contributed by atoms with E-state index in [1.54, 1.807) is 40.1 Å². The lowest BCUT2D eigenvalue weighted by molar-refractivity contribution is -0.122. The SMILES string of the molecule is Cc1c(CNC(=O)Cn2nc(-c3ccncc3)cc2Cc2ccc(F)cc2)cnn1C. The minimum Gasteiger partial charge on any atom is -0.350 e. The molecule has 0 bridgehead atoms. The molecule has 0 atom stereocenters. The smallest absolute Gasteiger partial charge is 0.242 e. The van der Waals surface area contributed by atoms with Crippen molar-refractivity contribution in [1.82, 2.24) is 29.9 Å². The lowest BCUT2D eigenvalue weighted by Gasteiger charge is -2.09. The molecule has 1 amide bonds. The molecule has 4 aromatic rings. The van der Waals surface area contributed by atoms with Gasteiger partial charge in [-0.1, -0.05) is 12.1 Å². The van der Waals surface area contributed by atoms with Crippen molar-refractivity contribution in [2.24, 2.45) is 7.05 Å². The quantitative estimate of drug-likeness (QED) is 0.501. The van der Waals surface area contributed by atoms with Crippen molar-refractivity contribution in [2.45, 2.75) is 26.4 Å². The molecule has 3 heterocycles. The summed E-state index contributed by atoms with van der Waals surface area (Å²) in [4.78, 5) is 16.7. The number of aromatic nitrogens is 5. The fourth-order valence-electron chi connectivity index (χ4n) is 3.31. The topological polar surface area (TPSA) is 77.6 Å². The number of aryl methyl sites for hydroxylation is 1. The van der Waals surface area contributed by atoms with E-state index in [9.17, 15) is 9.18 Å². The Balaban J connectivity index is 1.54. The standard InChI is InChI=1S/C23H23FN6O/c1-16-19(14-27-29(16)2)13-26-23(31)15-30-21(11-17-3-5-20(24)6-4-17)12-22(28-30)18-7-9-25-10-8-18/h3-10,12,14H,11,13,15H2,1-2H3,(H,26,31). The predicted octanol–water partition coefficient (Wildman–Crippen LogP) is 3.03. The Bertz CT molecular complexity index is 1180. The summed E-state index contributed by atoms with van der Waals surface area (Å²) >= 11 is 0. The largest absolute Gasteiger partial charge is 0.350 e. The molecule has 0 saturated heterocycles. The Morgan fingerprint density at radius 1 is 1.13 bits per heavy atom. The van der Waals surface area contributed by atoms with Crippen molar-refractivity contribution >= 4 is 5.91 Å². The normalized spacial score (nSPS) is 10.9. The number of carbonyl (C=O) groups excluding carboxylic acids is 1. The van der Waals surface area contributed by atoms with E-state index in [0.717, 1.165) is 33.8 Å². The van der Waals surface area contributed by atoms with E-state index >= 15 is 0 Å². The van der Waals surface area contributed by atoms with Gasteiger partial charge in [0.25, 0.3) is 0 Å². The molecule has 0 aliphatic rings. The third-order valence-corrected chi connectivity index (χ3v) is 5.24. The Morgan fingerprint density at radius 2 is 1.87 bits per heavy atom. The highest BCUT2D eigenvalue weighted by molar-refractivity contribution is 5.76. The number of hydrogen-bond donors (Lipinski definition) is 1. The maximum absolute atomic E-state index is 13.3. The molecule has 0 spiro atoms. The third-order valence-electron chi connectivity index (χ3n) is 5.24. The van der Waals surface area contributed by atoms with E-state index in [1.165, 1.54) is 12.1 Å². The summed E-state index contributed by atoms with van der Waals surface area (Å²) in [6.45, 7) is 2.45. The Kier molecular flexibility index (Phi) is 5.88. The lowest BCUT2D eigenvalue weighted by Crippen LogP contribution is -2.28. The molecule has 4 rings (SSSR count). The molecule has 7 nitrogen and oxygen atoms in total. The van der Waals surface area contributed by atoms with E-state index in [0.29, 0.717) is 13.0 Å². The van der Waals surface area contributed by atoms with Gasteiger partial charge in [-0.15, -0.1) is 0 Å². The number of nitrogens with one attached hydrogen (secondary N) is 1. The summed E-state index contributed by atoms with van der Waals surface area (Å²) in [6.07, 6.45) is 5.70. The molecule has 0 saturated carbocycles. The summed E-state index contributed by atoms with van der Waals surface area (Å²) < 4.78 is 16.7. The van der Waals surface area contributed by atoms with Crippen molar-refractivity contribution < 1.29 is 9.18 Å². The fraction of sp³-hybridized carbons (Fsp3) is 0.217. The van der Waals surface area contributed by atoms with Crippen molar-refractivity contribution in [1.29, 1.82) is 0 Å². The van der Waals surface area contributed by atoms with Crippen LogP contribution in [0.25, 0.3) is 11.3 Å². The first-order chi connectivity index (χ1) is 15.0. The highest BCUT2D eigenvalue weighted by atomic mass is 19.1. The Hall–Kier alpha value is -3.81. The van der Waals surface area contributed by atoms with Gasteiger partial charge in [-0.2, -0.15) is 10.2 Å². The number of rotatable bonds is 7. The molecule has 0 radical (unpaired) electrons. The predicted molar refractivity (Wildman–Crippen MR) is 114 cm³/mol. The summed E-state index contributed by atoms with van der Waals surface area (Å²) in [5.41, 5.74) is 5.47. The van der Waals surface area contributed by atoms with Crippen LogP contribution in [0.15, 0.2) is 61.1 Å². The molecule has 158 valence electrons. The second kappa shape index (κ2) is 8.91. The molecule has 0 unspecified atom stereocenters.